The van der Waals surface area contributed by atoms with Crippen LogP contribution in [-0.4, -0.2) is 15.2 Å². The van der Waals surface area contributed by atoms with Crippen molar-refractivity contribution < 1.29 is 4.42 Å². The van der Waals surface area contributed by atoms with Gasteiger partial charge in [0.2, 0.25) is 0 Å². The van der Waals surface area contributed by atoms with Crippen molar-refractivity contribution in [2.45, 2.75) is 24.1 Å². The van der Waals surface area contributed by atoms with Gasteiger partial charge < -0.3 is 4.42 Å². The molecule has 0 aliphatic carbocycles. The van der Waals surface area contributed by atoms with Gasteiger partial charge in [0.05, 0.1) is 17.5 Å². The van der Waals surface area contributed by atoms with E-state index in [9.17, 15) is 0 Å². The van der Waals surface area contributed by atoms with Crippen LogP contribution in [0.2, 0.25) is 0 Å². The predicted octanol–water partition coefficient (Wildman–Crippen LogP) is 2.10. The van der Waals surface area contributed by atoms with Gasteiger partial charge in [-0.1, -0.05) is 0 Å². The normalized spacial score (nSPS) is 10.1. The summed E-state index contributed by atoms with van der Waals surface area (Å²) in [7, 11) is 0. The second-order valence-electron chi connectivity index (χ2n) is 3.09. The van der Waals surface area contributed by atoms with E-state index in [1.54, 1.807) is 6.07 Å². The van der Waals surface area contributed by atoms with Crippen molar-refractivity contribution in [3.8, 4) is 6.07 Å². The molecule has 5 nitrogen and oxygen atoms in total. The van der Waals surface area contributed by atoms with Crippen molar-refractivity contribution in [1.29, 1.82) is 5.26 Å². The summed E-state index contributed by atoms with van der Waals surface area (Å²) in [6.45, 7) is 3.71. The van der Waals surface area contributed by atoms with E-state index in [1.807, 2.05) is 19.9 Å². The molecule has 80 valence electrons. The van der Waals surface area contributed by atoms with Crippen molar-refractivity contribution in [3.05, 3.63) is 29.3 Å². The molecule has 0 aliphatic heterocycles. The predicted molar refractivity (Wildman–Crippen MR) is 56.8 cm³/mol. The zero-order valence-electron chi connectivity index (χ0n) is 8.76. The molecule has 2 aromatic rings. The summed E-state index contributed by atoms with van der Waals surface area (Å²) in [5.41, 5.74) is 1.30. The minimum atomic E-state index is 0.466. The molecule has 0 saturated carbocycles. The molecule has 0 aliphatic rings. The Kier molecular flexibility index (Phi) is 2.88. The summed E-state index contributed by atoms with van der Waals surface area (Å²) in [5, 5.41) is 17.5. The standard InChI is InChI=1S/C10H8N4OS/c1-6-7(2)15-10(13-6)16-9-8(5-11)3-4-12-14-9/h3-4H,1-2H3. The first-order valence-corrected chi connectivity index (χ1v) is 5.36. The molecule has 0 spiro atoms. The number of nitriles is 1. The van der Waals surface area contributed by atoms with Crippen LogP contribution in [-0.2, 0) is 0 Å². The smallest absolute Gasteiger partial charge is 0.262 e. The van der Waals surface area contributed by atoms with Gasteiger partial charge in [0.15, 0.2) is 0 Å². The molecule has 6 heteroatoms. The van der Waals surface area contributed by atoms with E-state index >= 15 is 0 Å². The second kappa shape index (κ2) is 4.33. The molecule has 0 atom stereocenters. The van der Waals surface area contributed by atoms with Gasteiger partial charge in [-0.05, 0) is 31.7 Å². The summed E-state index contributed by atoms with van der Waals surface area (Å²) in [5.74, 6) is 0.768. The van der Waals surface area contributed by atoms with Crippen LogP contribution in [0.4, 0.5) is 0 Å². The van der Waals surface area contributed by atoms with Crippen LogP contribution < -0.4 is 0 Å². The zero-order valence-corrected chi connectivity index (χ0v) is 9.58. The van der Waals surface area contributed by atoms with E-state index in [0.29, 0.717) is 15.8 Å². The van der Waals surface area contributed by atoms with E-state index in [4.69, 9.17) is 9.68 Å². The molecule has 0 radical (unpaired) electrons. The lowest BCUT2D eigenvalue weighted by Gasteiger charge is -1.96. The van der Waals surface area contributed by atoms with Gasteiger partial charge in [-0.25, -0.2) is 4.98 Å². The SMILES string of the molecule is Cc1nc(Sc2nnccc2C#N)oc1C. The number of aryl methyl sites for hydroxylation is 2. The lowest BCUT2D eigenvalue weighted by atomic mass is 10.3. The van der Waals surface area contributed by atoms with Crippen LogP contribution in [0.5, 0.6) is 0 Å². The summed E-state index contributed by atoms with van der Waals surface area (Å²) >= 11 is 1.20. The van der Waals surface area contributed by atoms with Gasteiger partial charge in [0.1, 0.15) is 16.9 Å². The molecule has 2 heterocycles. The molecule has 0 amide bonds. The Morgan fingerprint density at radius 2 is 2.25 bits per heavy atom. The lowest BCUT2D eigenvalue weighted by Crippen LogP contribution is -1.88. The number of oxazole rings is 1. The average molecular weight is 232 g/mol. The maximum absolute atomic E-state index is 8.87. The number of rotatable bonds is 2. The topological polar surface area (TPSA) is 75.6 Å². The minimum absolute atomic E-state index is 0.466. The quantitative estimate of drug-likeness (QED) is 0.789. The fraction of sp³-hybridized carbons (Fsp3) is 0.200. The van der Waals surface area contributed by atoms with Crippen LogP contribution >= 0.6 is 11.8 Å². The van der Waals surface area contributed by atoms with Gasteiger partial charge in [-0.2, -0.15) is 10.4 Å². The first kappa shape index (κ1) is 10.6. The largest absolute Gasteiger partial charge is 0.436 e. The van der Waals surface area contributed by atoms with Crippen molar-refractivity contribution in [2.75, 3.05) is 0 Å². The number of aromatic nitrogens is 3. The summed E-state index contributed by atoms with van der Waals surface area (Å²) in [6.07, 6.45) is 1.48. The Labute approximate surface area is 96.5 Å². The molecule has 0 N–H and O–H groups in total. The molecule has 2 rings (SSSR count). The monoisotopic (exact) mass is 232 g/mol. The Bertz CT molecular complexity index is 539. The second-order valence-corrected chi connectivity index (χ2v) is 4.03. The van der Waals surface area contributed by atoms with Gasteiger partial charge in [-0.15, -0.1) is 5.10 Å². The van der Waals surface area contributed by atoms with Gasteiger partial charge in [0.25, 0.3) is 5.22 Å². The third kappa shape index (κ3) is 2.04. The molecule has 0 unspecified atom stereocenters. The summed E-state index contributed by atoms with van der Waals surface area (Å²) < 4.78 is 5.39. The van der Waals surface area contributed by atoms with Crippen LogP contribution in [0.3, 0.4) is 0 Å². The van der Waals surface area contributed by atoms with E-state index in [-0.39, 0.29) is 0 Å². The maximum atomic E-state index is 8.87. The average Bonchev–Trinajstić information content (AvgIpc) is 2.59. The minimum Gasteiger partial charge on any atom is -0.436 e. The van der Waals surface area contributed by atoms with Crippen molar-refractivity contribution in [1.82, 2.24) is 15.2 Å². The molecule has 0 fully saturated rings. The van der Waals surface area contributed by atoms with Crippen LogP contribution in [0.15, 0.2) is 26.9 Å². The molecule has 0 saturated heterocycles. The maximum Gasteiger partial charge on any atom is 0.262 e. The number of hydrogen-bond donors (Lipinski definition) is 0. The summed E-state index contributed by atoms with van der Waals surface area (Å²) in [4.78, 5) is 4.20. The third-order valence-corrected chi connectivity index (χ3v) is 2.84. The van der Waals surface area contributed by atoms with E-state index in [0.717, 1.165) is 11.5 Å². The molecule has 2 aromatic heterocycles. The Balaban J connectivity index is 2.31. The van der Waals surface area contributed by atoms with Crippen molar-refractivity contribution >= 4 is 11.8 Å². The highest BCUT2D eigenvalue weighted by Gasteiger charge is 2.11. The van der Waals surface area contributed by atoms with Gasteiger partial charge in [0, 0.05) is 0 Å². The molecule has 0 bridgehead atoms. The van der Waals surface area contributed by atoms with Gasteiger partial charge >= 0.3 is 0 Å². The van der Waals surface area contributed by atoms with Crippen molar-refractivity contribution in [3.63, 3.8) is 0 Å². The van der Waals surface area contributed by atoms with Crippen molar-refractivity contribution in [2.24, 2.45) is 0 Å². The molecular weight excluding hydrogens is 224 g/mol. The fourth-order valence-corrected chi connectivity index (χ4v) is 1.88. The molecule has 0 aromatic carbocycles. The Morgan fingerprint density at radius 1 is 1.44 bits per heavy atom. The van der Waals surface area contributed by atoms with Gasteiger partial charge in [-0.3, -0.25) is 0 Å². The molecular formula is C10H8N4OS. The van der Waals surface area contributed by atoms with E-state index in [1.165, 1.54) is 18.0 Å². The Hall–Kier alpha value is -1.87. The third-order valence-electron chi connectivity index (χ3n) is 2.00. The molecule has 16 heavy (non-hydrogen) atoms. The zero-order chi connectivity index (χ0) is 11.5. The van der Waals surface area contributed by atoms with Crippen LogP contribution in [0, 0.1) is 25.2 Å². The Morgan fingerprint density at radius 3 is 2.88 bits per heavy atom. The highest BCUT2D eigenvalue weighted by atomic mass is 32.2. The number of hydrogen-bond acceptors (Lipinski definition) is 6. The highest BCUT2D eigenvalue weighted by molar-refractivity contribution is 7.99. The number of nitrogens with zero attached hydrogens (tertiary/aromatic N) is 4. The highest BCUT2D eigenvalue weighted by Crippen LogP contribution is 2.28. The van der Waals surface area contributed by atoms with E-state index < -0.39 is 0 Å². The van der Waals surface area contributed by atoms with E-state index in [2.05, 4.69) is 15.2 Å². The summed E-state index contributed by atoms with van der Waals surface area (Å²) in [6, 6.07) is 3.65. The fourth-order valence-electron chi connectivity index (χ4n) is 1.05. The van der Waals surface area contributed by atoms with Crippen LogP contribution in [0.25, 0.3) is 0 Å². The first-order chi connectivity index (χ1) is 7.70. The lowest BCUT2D eigenvalue weighted by molar-refractivity contribution is 0.431. The first-order valence-electron chi connectivity index (χ1n) is 4.54. The van der Waals surface area contributed by atoms with Crippen LogP contribution in [0.1, 0.15) is 17.0 Å².